The van der Waals surface area contributed by atoms with E-state index >= 15 is 0 Å². The summed E-state index contributed by atoms with van der Waals surface area (Å²) in [7, 11) is 0. The molecular weight excluding hydrogens is 370 g/mol. The number of hydrogen-bond acceptors (Lipinski definition) is 4. The largest absolute Gasteiger partial charge is 0.300 e. The summed E-state index contributed by atoms with van der Waals surface area (Å²) in [6.07, 6.45) is 5.94. The summed E-state index contributed by atoms with van der Waals surface area (Å²) in [5, 5.41) is 0. The molecule has 0 atom stereocenters. The van der Waals surface area contributed by atoms with Gasteiger partial charge in [-0.1, -0.05) is 35.9 Å². The molecule has 156 valence electrons. The number of nitrogens with zero attached hydrogens (tertiary/aromatic N) is 3. The Kier molecular flexibility index (Phi) is 6.53. The van der Waals surface area contributed by atoms with Crippen molar-refractivity contribution in [2.45, 2.75) is 58.9 Å². The molecule has 2 heterocycles. The minimum atomic E-state index is 0.255. The number of hydrogen-bond donors (Lipinski definition) is 0. The molecule has 1 aromatic heterocycles. The summed E-state index contributed by atoms with van der Waals surface area (Å²) >= 11 is 0. The van der Waals surface area contributed by atoms with Crippen LogP contribution in [0.2, 0.25) is 0 Å². The summed E-state index contributed by atoms with van der Waals surface area (Å²) in [6.45, 7) is 7.14. The van der Waals surface area contributed by atoms with Gasteiger partial charge in [0.15, 0.2) is 0 Å². The first-order valence-corrected chi connectivity index (χ1v) is 11.2. The summed E-state index contributed by atoms with van der Waals surface area (Å²) in [6, 6.07) is 15.0. The molecule has 1 fully saturated rings. The van der Waals surface area contributed by atoms with Crippen LogP contribution < -0.4 is 0 Å². The van der Waals surface area contributed by atoms with Crippen LogP contribution in [0, 0.1) is 6.92 Å². The fourth-order valence-electron chi connectivity index (χ4n) is 4.22. The van der Waals surface area contributed by atoms with Crippen molar-refractivity contribution in [3.63, 3.8) is 0 Å². The number of aromatic nitrogens is 2. The molecule has 1 aliphatic rings. The Labute approximate surface area is 179 Å². The van der Waals surface area contributed by atoms with E-state index in [1.54, 1.807) is 6.92 Å². The Morgan fingerprint density at radius 2 is 1.73 bits per heavy atom. The van der Waals surface area contributed by atoms with Gasteiger partial charge in [-0.3, -0.25) is 4.90 Å². The van der Waals surface area contributed by atoms with Crippen LogP contribution in [0.25, 0.3) is 22.3 Å². The van der Waals surface area contributed by atoms with E-state index in [-0.39, 0.29) is 5.78 Å². The molecule has 0 bridgehead atoms. The number of unbranched alkanes of at least 4 members (excludes halogenated alkanes) is 1. The molecule has 2 aromatic carbocycles. The highest BCUT2D eigenvalue weighted by atomic mass is 16.1. The van der Waals surface area contributed by atoms with Gasteiger partial charge in [0.05, 0.1) is 22.4 Å². The van der Waals surface area contributed by atoms with Gasteiger partial charge in [0.25, 0.3) is 0 Å². The van der Waals surface area contributed by atoms with Gasteiger partial charge in [0.2, 0.25) is 0 Å². The Bertz CT molecular complexity index is 1020. The van der Waals surface area contributed by atoms with Crippen LogP contribution in [-0.2, 0) is 17.8 Å². The normalized spacial score (nSPS) is 14.5. The molecule has 0 spiro atoms. The fraction of sp³-hybridized carbons (Fsp3) is 0.423. The standard InChI is InChI=1S/C26H31N3O/c1-19-9-12-22(13-10-19)26-24(8-4-3-7-20(2)30)27-25-17-21(11-14-23(25)28-26)18-29-15-5-6-16-29/h9-14,17H,3-8,15-16,18H2,1-2H3. The van der Waals surface area contributed by atoms with Gasteiger partial charge >= 0.3 is 0 Å². The van der Waals surface area contributed by atoms with Crippen molar-refractivity contribution in [1.82, 2.24) is 14.9 Å². The zero-order valence-corrected chi connectivity index (χ0v) is 18.2. The van der Waals surface area contributed by atoms with E-state index in [9.17, 15) is 4.79 Å². The maximum Gasteiger partial charge on any atom is 0.129 e. The summed E-state index contributed by atoms with van der Waals surface area (Å²) in [5.74, 6) is 0.255. The maximum absolute atomic E-state index is 11.3. The molecule has 0 unspecified atom stereocenters. The summed E-state index contributed by atoms with van der Waals surface area (Å²) < 4.78 is 0. The molecule has 0 N–H and O–H groups in total. The molecule has 4 heteroatoms. The lowest BCUT2D eigenvalue weighted by Gasteiger charge is -2.15. The maximum atomic E-state index is 11.3. The lowest BCUT2D eigenvalue weighted by molar-refractivity contribution is -0.117. The molecule has 30 heavy (non-hydrogen) atoms. The molecule has 0 radical (unpaired) electrons. The molecule has 3 aromatic rings. The highest BCUT2D eigenvalue weighted by Gasteiger charge is 2.14. The van der Waals surface area contributed by atoms with E-state index in [1.165, 1.54) is 37.1 Å². The predicted octanol–water partition coefficient (Wildman–Crippen LogP) is 5.50. The number of fused-ring (bicyclic) bond motifs is 1. The number of carbonyl (C=O) groups is 1. The van der Waals surface area contributed by atoms with Crippen molar-refractivity contribution in [3.05, 3.63) is 59.3 Å². The van der Waals surface area contributed by atoms with Crippen molar-refractivity contribution in [2.24, 2.45) is 0 Å². The van der Waals surface area contributed by atoms with Crippen molar-refractivity contribution in [3.8, 4) is 11.3 Å². The molecule has 0 amide bonds. The highest BCUT2D eigenvalue weighted by Crippen LogP contribution is 2.26. The quantitative estimate of drug-likeness (QED) is 0.467. The third-order valence-electron chi connectivity index (χ3n) is 5.92. The van der Waals surface area contributed by atoms with Crippen LogP contribution in [0.1, 0.15) is 55.8 Å². The Morgan fingerprint density at radius 3 is 2.47 bits per heavy atom. The molecule has 4 nitrogen and oxygen atoms in total. The van der Waals surface area contributed by atoms with Crippen molar-refractivity contribution in [2.75, 3.05) is 13.1 Å². The molecule has 1 saturated heterocycles. The number of ketones is 1. The number of aryl methyl sites for hydroxylation is 2. The highest BCUT2D eigenvalue weighted by molar-refractivity contribution is 5.79. The molecule has 1 aliphatic heterocycles. The van der Waals surface area contributed by atoms with E-state index in [0.29, 0.717) is 6.42 Å². The number of rotatable bonds is 8. The smallest absolute Gasteiger partial charge is 0.129 e. The van der Waals surface area contributed by atoms with Crippen molar-refractivity contribution in [1.29, 1.82) is 0 Å². The zero-order chi connectivity index (χ0) is 20.9. The van der Waals surface area contributed by atoms with Gasteiger partial charge in [-0.2, -0.15) is 0 Å². The predicted molar refractivity (Wildman–Crippen MR) is 122 cm³/mol. The first-order chi connectivity index (χ1) is 14.6. The zero-order valence-electron chi connectivity index (χ0n) is 18.2. The number of carbonyl (C=O) groups excluding carboxylic acids is 1. The van der Waals surface area contributed by atoms with Crippen LogP contribution >= 0.6 is 0 Å². The molecule has 0 aliphatic carbocycles. The van der Waals surface area contributed by atoms with Gasteiger partial charge in [-0.25, -0.2) is 9.97 Å². The minimum absolute atomic E-state index is 0.255. The van der Waals surface area contributed by atoms with Gasteiger partial charge < -0.3 is 4.79 Å². The topological polar surface area (TPSA) is 46.1 Å². The number of benzene rings is 2. The minimum Gasteiger partial charge on any atom is -0.300 e. The first kappa shape index (κ1) is 20.7. The monoisotopic (exact) mass is 401 g/mol. The fourth-order valence-corrected chi connectivity index (χ4v) is 4.22. The van der Waals surface area contributed by atoms with E-state index in [2.05, 4.69) is 54.3 Å². The average molecular weight is 402 g/mol. The third kappa shape index (κ3) is 5.11. The average Bonchev–Trinajstić information content (AvgIpc) is 3.24. The summed E-state index contributed by atoms with van der Waals surface area (Å²) in [5.41, 5.74) is 7.59. The van der Waals surface area contributed by atoms with Crippen LogP contribution in [0.3, 0.4) is 0 Å². The van der Waals surface area contributed by atoms with Crippen molar-refractivity contribution < 1.29 is 4.79 Å². The second kappa shape index (κ2) is 9.48. The number of Topliss-reactive ketones (excluding diaryl/α,β-unsaturated/α-hetero) is 1. The van der Waals surface area contributed by atoms with Gasteiger partial charge in [0.1, 0.15) is 5.78 Å². The SMILES string of the molecule is CC(=O)CCCCc1nc2cc(CN3CCCC3)ccc2nc1-c1ccc(C)cc1. The van der Waals surface area contributed by atoms with Crippen LogP contribution in [0.15, 0.2) is 42.5 Å². The van der Waals surface area contributed by atoms with E-state index in [1.807, 2.05) is 0 Å². The molecular formula is C26H31N3O. The Morgan fingerprint density at radius 1 is 0.967 bits per heavy atom. The Hall–Kier alpha value is -2.59. The number of likely N-dealkylation sites (tertiary alicyclic amines) is 1. The van der Waals surface area contributed by atoms with Gasteiger partial charge in [-0.05, 0) is 76.7 Å². The second-order valence-corrected chi connectivity index (χ2v) is 8.60. The molecule has 4 rings (SSSR count). The summed E-state index contributed by atoms with van der Waals surface area (Å²) in [4.78, 5) is 23.9. The van der Waals surface area contributed by atoms with Gasteiger partial charge in [0, 0.05) is 18.5 Å². The lowest BCUT2D eigenvalue weighted by atomic mass is 10.0. The Balaban J connectivity index is 1.65. The second-order valence-electron chi connectivity index (χ2n) is 8.60. The lowest BCUT2D eigenvalue weighted by Crippen LogP contribution is -2.18. The van der Waals surface area contributed by atoms with Crippen LogP contribution in [0.5, 0.6) is 0 Å². The van der Waals surface area contributed by atoms with Crippen LogP contribution in [-0.4, -0.2) is 33.7 Å². The molecule has 0 saturated carbocycles. The first-order valence-electron chi connectivity index (χ1n) is 11.2. The van der Waals surface area contributed by atoms with Gasteiger partial charge in [-0.15, -0.1) is 0 Å². The van der Waals surface area contributed by atoms with E-state index in [0.717, 1.165) is 53.8 Å². The van der Waals surface area contributed by atoms with E-state index in [4.69, 9.17) is 9.97 Å². The van der Waals surface area contributed by atoms with Crippen LogP contribution in [0.4, 0.5) is 0 Å². The third-order valence-corrected chi connectivity index (χ3v) is 5.92. The van der Waals surface area contributed by atoms with Crippen molar-refractivity contribution >= 4 is 16.8 Å². The van der Waals surface area contributed by atoms with E-state index < -0.39 is 0 Å².